The van der Waals surface area contributed by atoms with Crippen LogP contribution in [0, 0.1) is 6.57 Å². The fraction of sp³-hybridized carbons (Fsp3) is 0.214. The molecule has 1 nitrogen and oxygen atoms in total. The molecule has 0 atom stereocenters. The maximum absolute atomic E-state index is 7.02. The molecule has 3 heteroatoms. The summed E-state index contributed by atoms with van der Waals surface area (Å²) in [5.74, 6) is 0.435. The standard InChI is InChI=1S/C14H12ClNS/c1-9(2)14-12(15)8-13(17-14)10-5-4-6-11(7-10)16-3/h4-9H,1-2H3. The van der Waals surface area contributed by atoms with Crippen molar-refractivity contribution in [1.82, 2.24) is 0 Å². The molecule has 0 saturated heterocycles. The summed E-state index contributed by atoms with van der Waals surface area (Å²) in [4.78, 5) is 5.78. The second kappa shape index (κ2) is 4.91. The highest BCUT2D eigenvalue weighted by Crippen LogP contribution is 2.39. The summed E-state index contributed by atoms with van der Waals surface area (Å²) in [5, 5.41) is 0.827. The van der Waals surface area contributed by atoms with Gasteiger partial charge in [-0.2, -0.15) is 0 Å². The van der Waals surface area contributed by atoms with Gasteiger partial charge in [0.2, 0.25) is 0 Å². The molecule has 0 aliphatic rings. The molecule has 17 heavy (non-hydrogen) atoms. The van der Waals surface area contributed by atoms with Gasteiger partial charge in [-0.15, -0.1) is 11.3 Å². The van der Waals surface area contributed by atoms with Gasteiger partial charge in [-0.1, -0.05) is 43.6 Å². The smallest absolute Gasteiger partial charge is 0.187 e. The van der Waals surface area contributed by atoms with Crippen LogP contribution in [-0.2, 0) is 0 Å². The molecule has 86 valence electrons. The molecule has 0 fully saturated rings. The first-order chi connectivity index (χ1) is 8.11. The van der Waals surface area contributed by atoms with E-state index in [1.807, 2.05) is 30.3 Å². The van der Waals surface area contributed by atoms with Crippen LogP contribution >= 0.6 is 22.9 Å². The molecule has 0 aliphatic carbocycles. The molecule has 0 radical (unpaired) electrons. The SMILES string of the molecule is [C-]#[N+]c1cccc(-c2cc(Cl)c(C(C)C)s2)c1. The minimum Gasteiger partial charge on any atom is -0.238 e. The van der Waals surface area contributed by atoms with Crippen LogP contribution in [0.15, 0.2) is 30.3 Å². The van der Waals surface area contributed by atoms with Crippen molar-refractivity contribution in [3.8, 4) is 10.4 Å². The van der Waals surface area contributed by atoms with Gasteiger partial charge < -0.3 is 0 Å². The third-order valence-corrected chi connectivity index (χ3v) is 4.41. The van der Waals surface area contributed by atoms with Crippen molar-refractivity contribution in [1.29, 1.82) is 0 Å². The van der Waals surface area contributed by atoms with Gasteiger partial charge in [0.25, 0.3) is 0 Å². The molecule has 0 bridgehead atoms. The summed E-state index contributed by atoms with van der Waals surface area (Å²) in [7, 11) is 0. The maximum Gasteiger partial charge on any atom is 0.187 e. The van der Waals surface area contributed by atoms with Crippen molar-refractivity contribution in [2.45, 2.75) is 19.8 Å². The number of hydrogen-bond donors (Lipinski definition) is 0. The van der Waals surface area contributed by atoms with E-state index in [0.717, 1.165) is 15.5 Å². The van der Waals surface area contributed by atoms with E-state index in [9.17, 15) is 0 Å². The fourth-order valence-electron chi connectivity index (χ4n) is 1.65. The second-order valence-corrected chi connectivity index (χ2v) is 5.63. The summed E-state index contributed by atoms with van der Waals surface area (Å²) < 4.78 is 0. The zero-order valence-corrected chi connectivity index (χ0v) is 11.3. The van der Waals surface area contributed by atoms with Gasteiger partial charge in [0, 0.05) is 9.75 Å². The Morgan fingerprint density at radius 1 is 1.29 bits per heavy atom. The number of hydrogen-bond acceptors (Lipinski definition) is 1. The number of halogens is 1. The van der Waals surface area contributed by atoms with Gasteiger partial charge in [0.05, 0.1) is 11.6 Å². The van der Waals surface area contributed by atoms with Crippen LogP contribution in [0.3, 0.4) is 0 Å². The summed E-state index contributed by atoms with van der Waals surface area (Å²) in [5.41, 5.74) is 1.73. The van der Waals surface area contributed by atoms with E-state index < -0.39 is 0 Å². The van der Waals surface area contributed by atoms with Crippen LogP contribution in [0.1, 0.15) is 24.6 Å². The van der Waals surface area contributed by atoms with E-state index in [2.05, 4.69) is 18.7 Å². The van der Waals surface area contributed by atoms with Crippen molar-refractivity contribution >= 4 is 28.6 Å². The van der Waals surface area contributed by atoms with Crippen LogP contribution in [0.5, 0.6) is 0 Å². The lowest BCUT2D eigenvalue weighted by Gasteiger charge is -2.00. The predicted octanol–water partition coefficient (Wildman–Crippen LogP) is 5.74. The Hall–Kier alpha value is -1.30. The van der Waals surface area contributed by atoms with Crippen LogP contribution in [0.2, 0.25) is 5.02 Å². The molecule has 0 N–H and O–H groups in total. The lowest BCUT2D eigenvalue weighted by atomic mass is 10.1. The van der Waals surface area contributed by atoms with Crippen LogP contribution in [-0.4, -0.2) is 0 Å². The predicted molar refractivity (Wildman–Crippen MR) is 75.1 cm³/mol. The fourth-order valence-corrected chi connectivity index (χ4v) is 3.21. The summed E-state index contributed by atoms with van der Waals surface area (Å²) in [6.45, 7) is 11.3. The minimum absolute atomic E-state index is 0.435. The van der Waals surface area contributed by atoms with Gasteiger partial charge >= 0.3 is 0 Å². The van der Waals surface area contributed by atoms with E-state index in [-0.39, 0.29) is 0 Å². The Morgan fingerprint density at radius 2 is 2.06 bits per heavy atom. The van der Waals surface area contributed by atoms with Crippen molar-refractivity contribution in [3.05, 3.63) is 51.6 Å². The molecule has 1 aromatic carbocycles. The Morgan fingerprint density at radius 3 is 2.65 bits per heavy atom. The Balaban J connectivity index is 2.47. The molecule has 1 aromatic heterocycles. The highest BCUT2D eigenvalue weighted by atomic mass is 35.5. The van der Waals surface area contributed by atoms with Gasteiger partial charge in [0.15, 0.2) is 5.69 Å². The highest BCUT2D eigenvalue weighted by Gasteiger charge is 2.11. The molecule has 0 aliphatic heterocycles. The maximum atomic E-state index is 7.02. The number of thiophene rings is 1. The third kappa shape index (κ3) is 2.52. The number of rotatable bonds is 2. The monoisotopic (exact) mass is 261 g/mol. The molecule has 2 rings (SSSR count). The van der Waals surface area contributed by atoms with Crippen molar-refractivity contribution in [3.63, 3.8) is 0 Å². The third-order valence-electron chi connectivity index (χ3n) is 2.50. The van der Waals surface area contributed by atoms with Gasteiger partial charge in [-0.05, 0) is 23.6 Å². The average molecular weight is 262 g/mol. The van der Waals surface area contributed by atoms with Gasteiger partial charge in [0.1, 0.15) is 0 Å². The topological polar surface area (TPSA) is 4.36 Å². The summed E-state index contributed by atoms with van der Waals surface area (Å²) in [6, 6.07) is 9.63. The molecule has 0 unspecified atom stereocenters. The molecule has 1 heterocycles. The first-order valence-corrected chi connectivity index (χ1v) is 6.58. The molecular weight excluding hydrogens is 250 g/mol. The van der Waals surface area contributed by atoms with Gasteiger partial charge in [-0.25, -0.2) is 4.85 Å². The second-order valence-electron chi connectivity index (χ2n) is 4.14. The Labute approximate surface area is 110 Å². The Bertz CT molecular complexity index is 578. The molecule has 2 aromatic rings. The van der Waals surface area contributed by atoms with Crippen molar-refractivity contribution in [2.75, 3.05) is 0 Å². The van der Waals surface area contributed by atoms with E-state index >= 15 is 0 Å². The molecule has 0 spiro atoms. The first kappa shape index (κ1) is 12.2. The van der Waals surface area contributed by atoms with Crippen LogP contribution < -0.4 is 0 Å². The number of benzene rings is 1. The van der Waals surface area contributed by atoms with E-state index in [0.29, 0.717) is 11.6 Å². The minimum atomic E-state index is 0.435. The summed E-state index contributed by atoms with van der Waals surface area (Å²) >= 11 is 7.92. The van der Waals surface area contributed by atoms with Crippen LogP contribution in [0.25, 0.3) is 15.3 Å². The quantitative estimate of drug-likeness (QED) is 0.607. The van der Waals surface area contributed by atoms with E-state index in [1.54, 1.807) is 11.3 Å². The molecule has 0 saturated carbocycles. The lowest BCUT2D eigenvalue weighted by molar-refractivity contribution is 0.890. The lowest BCUT2D eigenvalue weighted by Crippen LogP contribution is -1.79. The zero-order chi connectivity index (χ0) is 12.4. The Kier molecular flexibility index (Phi) is 3.51. The first-order valence-electron chi connectivity index (χ1n) is 5.39. The van der Waals surface area contributed by atoms with E-state index in [1.165, 1.54) is 4.88 Å². The normalized spacial score (nSPS) is 10.5. The summed E-state index contributed by atoms with van der Waals surface area (Å²) in [6.07, 6.45) is 0. The van der Waals surface area contributed by atoms with Crippen LogP contribution in [0.4, 0.5) is 5.69 Å². The van der Waals surface area contributed by atoms with Gasteiger partial charge in [-0.3, -0.25) is 0 Å². The number of nitrogens with zero attached hydrogens (tertiary/aromatic N) is 1. The molecule has 0 amide bonds. The molecular formula is C14H12ClNS. The zero-order valence-electron chi connectivity index (χ0n) is 9.70. The van der Waals surface area contributed by atoms with Crippen molar-refractivity contribution < 1.29 is 0 Å². The van der Waals surface area contributed by atoms with E-state index in [4.69, 9.17) is 18.2 Å². The highest BCUT2D eigenvalue weighted by molar-refractivity contribution is 7.16. The van der Waals surface area contributed by atoms with Crippen molar-refractivity contribution in [2.24, 2.45) is 0 Å². The largest absolute Gasteiger partial charge is 0.238 e. The average Bonchev–Trinajstić information content (AvgIpc) is 2.71.